The van der Waals surface area contributed by atoms with Crippen LogP contribution in [0.4, 0.5) is 14.5 Å². The van der Waals surface area contributed by atoms with Gasteiger partial charge in [0.15, 0.2) is 5.36 Å². The number of halogens is 2. The van der Waals surface area contributed by atoms with Crippen LogP contribution in [0.2, 0.25) is 0 Å². The molecular weight excluding hydrogens is 554 g/mol. The Kier molecular flexibility index (Phi) is 5.93. The molecule has 0 aliphatic carbocycles. The number of nitrogens with zero attached hydrogens (tertiary/aromatic N) is 6. The summed E-state index contributed by atoms with van der Waals surface area (Å²) in [7, 11) is 0. The minimum atomic E-state index is -0.596. The molecule has 0 radical (unpaired) electrons. The molecule has 0 atom stereocenters. The molecular formula is C36H14F2N6. The SMILES string of the molecule is [C-]#[N+]/N=c1\c2cc(-c3ccc(F)c([N+]#[C-])c3)ccc2c2cc3c(=NC#N)c4cc(-c5ccc(F)c(C#N)c5)ccc4c3cc12. The van der Waals surface area contributed by atoms with E-state index in [1.54, 1.807) is 12.1 Å². The van der Waals surface area contributed by atoms with Crippen molar-refractivity contribution in [3.05, 3.63) is 136 Å². The Morgan fingerprint density at radius 2 is 1.09 bits per heavy atom. The van der Waals surface area contributed by atoms with E-state index < -0.39 is 11.6 Å². The molecule has 7 rings (SSSR count). The van der Waals surface area contributed by atoms with Crippen LogP contribution in [0.15, 0.2) is 95.0 Å². The summed E-state index contributed by atoms with van der Waals surface area (Å²) >= 11 is 0. The van der Waals surface area contributed by atoms with E-state index in [0.29, 0.717) is 21.8 Å². The molecule has 0 bridgehead atoms. The molecule has 8 heteroatoms. The molecule has 7 aromatic rings. The quantitative estimate of drug-likeness (QED) is 0.119. The number of benzene rings is 5. The van der Waals surface area contributed by atoms with Crippen LogP contribution in [0.5, 0.6) is 0 Å². The maximum atomic E-state index is 14.0. The third-order valence-electron chi connectivity index (χ3n) is 7.93. The standard InChI is InChI=1S/C36H14F2N6/c1-41-34-14-22(6-10-33(34)38)21-4-8-25-27-15-30-26(16-31(27)36(44-42-2)29(25)13-21)24-7-3-20(12-28(24)35(30)43-18-40)19-5-9-32(37)23(11-19)17-39/h3-16H/b43-35?,44-36+. The van der Waals surface area contributed by atoms with Crippen molar-refractivity contribution in [3.8, 4) is 34.5 Å². The zero-order valence-corrected chi connectivity index (χ0v) is 22.5. The second-order valence-corrected chi connectivity index (χ2v) is 10.2. The normalized spacial score (nSPS) is 12.0. The number of hydrogen-bond acceptors (Lipinski definition) is 4. The number of fused-ring (bicyclic) bond motifs is 6. The van der Waals surface area contributed by atoms with Crippen LogP contribution >= 0.6 is 0 Å². The van der Waals surface area contributed by atoms with Gasteiger partial charge in [-0.2, -0.15) is 22.1 Å². The van der Waals surface area contributed by atoms with E-state index in [2.05, 4.69) is 19.9 Å². The van der Waals surface area contributed by atoms with Crippen LogP contribution in [0.1, 0.15) is 5.56 Å². The lowest BCUT2D eigenvalue weighted by atomic mass is 10.0. The van der Waals surface area contributed by atoms with E-state index in [1.165, 1.54) is 24.3 Å². The van der Waals surface area contributed by atoms with Crippen LogP contribution in [-0.2, 0) is 0 Å². The molecule has 6 nitrogen and oxygen atoms in total. The van der Waals surface area contributed by atoms with Crippen LogP contribution in [0, 0.1) is 47.6 Å². The van der Waals surface area contributed by atoms with Gasteiger partial charge in [-0.05, 0) is 92.3 Å². The molecule has 0 unspecified atom stereocenters. The summed E-state index contributed by atoms with van der Waals surface area (Å²) in [5.41, 5.74) is 2.67. The highest BCUT2D eigenvalue weighted by Crippen LogP contribution is 2.36. The molecule has 44 heavy (non-hydrogen) atoms. The first-order chi connectivity index (χ1) is 21.4. The Morgan fingerprint density at radius 1 is 0.568 bits per heavy atom. The predicted molar refractivity (Wildman–Crippen MR) is 164 cm³/mol. The maximum absolute atomic E-state index is 14.0. The van der Waals surface area contributed by atoms with Gasteiger partial charge in [-0.3, -0.25) is 0 Å². The Morgan fingerprint density at radius 3 is 1.68 bits per heavy atom. The molecule has 0 N–H and O–H groups in total. The van der Waals surface area contributed by atoms with Crippen LogP contribution in [-0.4, -0.2) is 0 Å². The zero-order chi connectivity index (χ0) is 30.5. The van der Waals surface area contributed by atoms with Gasteiger partial charge in [-0.15, -0.1) is 4.95 Å². The fourth-order valence-electron chi connectivity index (χ4n) is 5.93. The van der Waals surface area contributed by atoms with Gasteiger partial charge in [0.25, 0.3) is 0 Å². The average Bonchev–Trinajstić information content (AvgIpc) is 3.51. The first-order valence-electron chi connectivity index (χ1n) is 13.2. The molecule has 0 aliphatic rings. The molecule has 0 saturated heterocycles. The van der Waals surface area contributed by atoms with Crippen molar-refractivity contribution >= 4 is 48.8 Å². The van der Waals surface area contributed by atoms with E-state index >= 15 is 0 Å². The average molecular weight is 569 g/mol. The summed E-state index contributed by atoms with van der Waals surface area (Å²) in [6.07, 6.45) is 1.92. The molecule has 0 saturated carbocycles. The van der Waals surface area contributed by atoms with Crippen molar-refractivity contribution in [2.24, 2.45) is 10.1 Å². The first kappa shape index (κ1) is 26.2. The van der Waals surface area contributed by atoms with Crippen molar-refractivity contribution in [2.45, 2.75) is 0 Å². The van der Waals surface area contributed by atoms with E-state index in [1.807, 2.05) is 60.8 Å². The first-order valence-corrected chi connectivity index (χ1v) is 13.2. The van der Waals surface area contributed by atoms with Crippen LogP contribution in [0.25, 0.3) is 75.1 Å². The molecule has 0 amide bonds. The summed E-state index contributed by atoms with van der Waals surface area (Å²) in [6.45, 7) is 14.8. The highest BCUT2D eigenvalue weighted by atomic mass is 19.1. The lowest BCUT2D eigenvalue weighted by Gasteiger charge is -2.04. The van der Waals surface area contributed by atoms with Gasteiger partial charge >= 0.3 is 0 Å². The highest BCUT2D eigenvalue weighted by Gasteiger charge is 2.18. The second kappa shape index (κ2) is 9.97. The van der Waals surface area contributed by atoms with Crippen molar-refractivity contribution in [1.82, 2.24) is 0 Å². The van der Waals surface area contributed by atoms with Crippen LogP contribution in [0.3, 0.4) is 0 Å². The third-order valence-corrected chi connectivity index (χ3v) is 7.93. The van der Waals surface area contributed by atoms with Crippen molar-refractivity contribution < 1.29 is 8.78 Å². The summed E-state index contributed by atoms with van der Waals surface area (Å²) in [6, 6.07) is 25.8. The smallest absolute Gasteiger partial charge is 0.222 e. The summed E-state index contributed by atoms with van der Waals surface area (Å²) in [5.74, 6) is -1.19. The van der Waals surface area contributed by atoms with Crippen molar-refractivity contribution in [3.63, 3.8) is 0 Å². The summed E-state index contributed by atoms with van der Waals surface area (Å²) in [5, 5.41) is 30.3. The van der Waals surface area contributed by atoms with Gasteiger partial charge in [0.2, 0.25) is 11.9 Å². The Hall–Kier alpha value is -6.74. The van der Waals surface area contributed by atoms with Crippen molar-refractivity contribution in [1.29, 1.82) is 10.5 Å². The van der Waals surface area contributed by atoms with Gasteiger partial charge in [0, 0.05) is 21.5 Å². The van der Waals surface area contributed by atoms with Gasteiger partial charge in [-0.25, -0.2) is 13.6 Å². The largest absolute Gasteiger partial charge is 0.235 e. The molecule has 202 valence electrons. The second-order valence-electron chi connectivity index (χ2n) is 10.2. The topological polar surface area (TPSA) is 81.0 Å². The molecule has 0 fully saturated rings. The van der Waals surface area contributed by atoms with Gasteiger partial charge < -0.3 is 0 Å². The number of nitriles is 2. The van der Waals surface area contributed by atoms with Gasteiger partial charge in [-0.1, -0.05) is 36.4 Å². The fraction of sp³-hybridized carbons (Fsp3) is 0. The summed E-state index contributed by atoms with van der Waals surface area (Å²) < 4.78 is 28.0. The monoisotopic (exact) mass is 568 g/mol. The van der Waals surface area contributed by atoms with E-state index in [9.17, 15) is 19.3 Å². The molecule has 7 aromatic carbocycles. The number of rotatable bonds is 2. The van der Waals surface area contributed by atoms with Crippen LogP contribution < -0.4 is 10.7 Å². The number of hydrogen-bond donors (Lipinski definition) is 0. The Labute approximate surface area is 248 Å². The fourth-order valence-corrected chi connectivity index (χ4v) is 5.93. The molecule has 0 aromatic heterocycles. The maximum Gasteiger partial charge on any atom is 0.222 e. The van der Waals surface area contributed by atoms with Gasteiger partial charge in [0.05, 0.1) is 22.6 Å². The Balaban J connectivity index is 1.52. The molecule has 0 heterocycles. The van der Waals surface area contributed by atoms with E-state index in [-0.39, 0.29) is 11.3 Å². The minimum absolute atomic E-state index is 0.0617. The van der Waals surface area contributed by atoms with Gasteiger partial charge in [0.1, 0.15) is 17.7 Å². The zero-order valence-electron chi connectivity index (χ0n) is 22.5. The van der Waals surface area contributed by atoms with Crippen molar-refractivity contribution in [2.75, 3.05) is 0 Å². The predicted octanol–water partition coefficient (Wildman–Crippen LogP) is 8.33. The minimum Gasteiger partial charge on any atom is -0.235 e. The molecule has 0 aliphatic heterocycles. The van der Waals surface area contributed by atoms with E-state index in [4.69, 9.17) is 13.1 Å². The Bertz CT molecular complexity index is 2500. The third kappa shape index (κ3) is 3.88. The molecule has 0 spiro atoms. The lowest BCUT2D eigenvalue weighted by molar-refractivity contribution is 0.624. The van der Waals surface area contributed by atoms with E-state index in [0.717, 1.165) is 54.2 Å². The highest BCUT2D eigenvalue weighted by molar-refractivity contribution is 6.21. The summed E-state index contributed by atoms with van der Waals surface area (Å²) in [4.78, 5) is 10.8. The lowest BCUT2D eigenvalue weighted by Crippen LogP contribution is -1.99.